The predicted octanol–water partition coefficient (Wildman–Crippen LogP) is 5.30. The van der Waals surface area contributed by atoms with E-state index in [1.165, 1.54) is 36.7 Å². The van der Waals surface area contributed by atoms with Gasteiger partial charge in [0.05, 0.1) is 0 Å². The molecular formula is C18H29NSi. The number of hydrogen-bond acceptors (Lipinski definition) is 1. The Balaban J connectivity index is 2.92. The molecule has 0 unspecified atom stereocenters. The van der Waals surface area contributed by atoms with Gasteiger partial charge in [-0.15, -0.1) is 5.54 Å². The lowest BCUT2D eigenvalue weighted by molar-refractivity contribution is 0.834. The maximum Gasteiger partial charge on any atom is 0.138 e. The summed E-state index contributed by atoms with van der Waals surface area (Å²) in [5, 5.41) is 3.52. The molecule has 1 aromatic carbocycles. The van der Waals surface area contributed by atoms with Crippen LogP contribution in [-0.2, 0) is 0 Å². The third-order valence-electron chi connectivity index (χ3n) is 4.27. The second-order valence-electron chi connectivity index (χ2n) is 5.42. The molecule has 1 aromatic rings. The first-order valence-electron chi connectivity index (χ1n) is 8.07. The number of hydrogen-bond donors (Lipinski definition) is 1. The summed E-state index contributed by atoms with van der Waals surface area (Å²) in [6.07, 6.45) is 2.43. The van der Waals surface area contributed by atoms with Crippen LogP contribution in [0.5, 0.6) is 0 Å². The van der Waals surface area contributed by atoms with Crippen LogP contribution in [0.25, 0.3) is 0 Å². The molecule has 0 aliphatic rings. The normalized spacial score (nSPS) is 10.8. The van der Waals surface area contributed by atoms with Gasteiger partial charge in [0.2, 0.25) is 0 Å². The summed E-state index contributed by atoms with van der Waals surface area (Å²) in [6.45, 7) is 10.2. The topological polar surface area (TPSA) is 12.0 Å². The molecule has 0 fully saturated rings. The molecule has 20 heavy (non-hydrogen) atoms. The zero-order valence-corrected chi connectivity index (χ0v) is 14.6. The smallest absolute Gasteiger partial charge is 0.138 e. The van der Waals surface area contributed by atoms with Crippen LogP contribution in [-0.4, -0.2) is 14.6 Å². The van der Waals surface area contributed by atoms with E-state index in [9.17, 15) is 0 Å². The van der Waals surface area contributed by atoms with E-state index in [1.807, 2.05) is 0 Å². The van der Waals surface area contributed by atoms with Crippen molar-refractivity contribution in [2.75, 3.05) is 11.9 Å². The van der Waals surface area contributed by atoms with Crippen molar-refractivity contribution in [3.63, 3.8) is 0 Å². The fraction of sp³-hybridized carbons (Fsp3) is 0.556. The number of anilines is 1. The predicted molar refractivity (Wildman–Crippen MR) is 93.9 cm³/mol. The molecule has 0 atom stereocenters. The van der Waals surface area contributed by atoms with Gasteiger partial charge in [-0.25, -0.2) is 0 Å². The third-order valence-corrected chi connectivity index (χ3v) is 8.98. The molecule has 0 saturated heterocycles. The summed E-state index contributed by atoms with van der Waals surface area (Å²) in [5.74, 6) is 3.48. The van der Waals surface area contributed by atoms with E-state index >= 15 is 0 Å². The Kier molecular flexibility index (Phi) is 7.47. The van der Waals surface area contributed by atoms with E-state index < -0.39 is 8.07 Å². The molecule has 0 bridgehead atoms. The quantitative estimate of drug-likeness (QED) is 0.408. The molecule has 1 nitrogen and oxygen atoms in total. The average Bonchev–Trinajstić information content (AvgIpc) is 2.51. The minimum Gasteiger partial charge on any atom is -0.384 e. The van der Waals surface area contributed by atoms with E-state index in [0.29, 0.717) is 0 Å². The summed E-state index contributed by atoms with van der Waals surface area (Å²) >= 11 is 0. The van der Waals surface area contributed by atoms with Crippen LogP contribution in [0, 0.1) is 11.5 Å². The van der Waals surface area contributed by atoms with Crippen LogP contribution in [0.4, 0.5) is 5.69 Å². The Morgan fingerprint density at radius 1 is 1.00 bits per heavy atom. The van der Waals surface area contributed by atoms with Crippen molar-refractivity contribution >= 4 is 13.8 Å². The number of para-hydroxylation sites is 1. The van der Waals surface area contributed by atoms with Gasteiger partial charge in [0.1, 0.15) is 8.07 Å². The molecule has 0 saturated carbocycles. The monoisotopic (exact) mass is 287 g/mol. The van der Waals surface area contributed by atoms with Gasteiger partial charge in [-0.1, -0.05) is 52.2 Å². The van der Waals surface area contributed by atoms with Gasteiger partial charge in [-0.05, 0) is 36.7 Å². The molecule has 0 amide bonds. The minimum atomic E-state index is -1.35. The van der Waals surface area contributed by atoms with Gasteiger partial charge in [0.15, 0.2) is 0 Å². The van der Waals surface area contributed by atoms with Crippen LogP contribution in [0.1, 0.15) is 46.1 Å². The highest BCUT2D eigenvalue weighted by atomic mass is 28.3. The Morgan fingerprint density at radius 3 is 2.25 bits per heavy atom. The molecule has 1 rings (SSSR count). The molecule has 0 heterocycles. The van der Waals surface area contributed by atoms with Gasteiger partial charge in [0, 0.05) is 17.8 Å². The first-order valence-corrected chi connectivity index (χ1v) is 10.7. The highest BCUT2D eigenvalue weighted by Crippen LogP contribution is 2.20. The van der Waals surface area contributed by atoms with Gasteiger partial charge in [-0.3, -0.25) is 0 Å². The van der Waals surface area contributed by atoms with E-state index in [1.54, 1.807) is 0 Å². The van der Waals surface area contributed by atoms with Crippen LogP contribution >= 0.6 is 0 Å². The van der Waals surface area contributed by atoms with E-state index in [4.69, 9.17) is 0 Å². The third kappa shape index (κ3) is 4.72. The number of unbranched alkanes of at least 4 members (excludes halogenated alkanes) is 1. The zero-order valence-electron chi connectivity index (χ0n) is 13.6. The lowest BCUT2D eigenvalue weighted by Crippen LogP contribution is -2.29. The molecule has 0 aromatic heterocycles. The second-order valence-corrected chi connectivity index (χ2v) is 10.3. The Hall–Kier alpha value is -1.20. The minimum absolute atomic E-state index is 1.03. The summed E-state index contributed by atoms with van der Waals surface area (Å²) in [7, 11) is -1.35. The van der Waals surface area contributed by atoms with Crippen molar-refractivity contribution in [1.82, 2.24) is 0 Å². The summed E-state index contributed by atoms with van der Waals surface area (Å²) in [5.41, 5.74) is 6.04. The van der Waals surface area contributed by atoms with Crippen molar-refractivity contribution in [3.8, 4) is 11.5 Å². The lowest BCUT2D eigenvalue weighted by atomic mass is 10.2. The van der Waals surface area contributed by atoms with E-state index in [2.05, 4.69) is 68.7 Å². The van der Waals surface area contributed by atoms with Crippen LogP contribution in [0.3, 0.4) is 0 Å². The van der Waals surface area contributed by atoms with E-state index in [0.717, 1.165) is 12.1 Å². The first kappa shape index (κ1) is 16.9. The number of rotatable bonds is 7. The second kappa shape index (κ2) is 8.87. The van der Waals surface area contributed by atoms with Crippen LogP contribution in [0.2, 0.25) is 18.1 Å². The highest BCUT2D eigenvalue weighted by molar-refractivity contribution is 6.87. The molecule has 0 radical (unpaired) electrons. The van der Waals surface area contributed by atoms with Crippen molar-refractivity contribution in [1.29, 1.82) is 0 Å². The standard InChI is InChI=1S/C18H29NSi/c1-5-9-15-19-18-13-11-10-12-17(18)14-16-20(6-2,7-3)8-4/h10-13,19H,5-9,15H2,1-4H3. The average molecular weight is 288 g/mol. The molecule has 0 aliphatic carbocycles. The summed E-state index contributed by atoms with van der Waals surface area (Å²) in [6, 6.07) is 12.2. The summed E-state index contributed by atoms with van der Waals surface area (Å²) in [4.78, 5) is 0. The number of nitrogens with one attached hydrogen (secondary N) is 1. The van der Waals surface area contributed by atoms with Gasteiger partial charge >= 0.3 is 0 Å². The Morgan fingerprint density at radius 2 is 1.65 bits per heavy atom. The zero-order chi connectivity index (χ0) is 14.8. The van der Waals surface area contributed by atoms with Gasteiger partial charge < -0.3 is 5.32 Å². The Bertz CT molecular complexity index is 444. The number of benzene rings is 1. The van der Waals surface area contributed by atoms with Crippen molar-refractivity contribution < 1.29 is 0 Å². The fourth-order valence-electron chi connectivity index (χ4n) is 2.36. The summed E-state index contributed by atoms with van der Waals surface area (Å²) < 4.78 is 0. The SMILES string of the molecule is CCCCNc1ccccc1C#C[Si](CC)(CC)CC. The van der Waals surface area contributed by atoms with Crippen molar-refractivity contribution in [3.05, 3.63) is 29.8 Å². The molecule has 110 valence electrons. The van der Waals surface area contributed by atoms with Crippen LogP contribution in [0.15, 0.2) is 24.3 Å². The first-order chi connectivity index (χ1) is 9.71. The lowest BCUT2D eigenvalue weighted by Gasteiger charge is -2.20. The van der Waals surface area contributed by atoms with Gasteiger partial charge in [0.25, 0.3) is 0 Å². The van der Waals surface area contributed by atoms with Crippen molar-refractivity contribution in [2.24, 2.45) is 0 Å². The van der Waals surface area contributed by atoms with Crippen LogP contribution < -0.4 is 5.32 Å². The maximum absolute atomic E-state index is 3.68. The molecule has 1 N–H and O–H groups in total. The fourth-order valence-corrected chi connectivity index (χ4v) is 4.79. The highest BCUT2D eigenvalue weighted by Gasteiger charge is 2.24. The molecule has 0 spiro atoms. The van der Waals surface area contributed by atoms with Crippen molar-refractivity contribution in [2.45, 2.75) is 58.7 Å². The van der Waals surface area contributed by atoms with Gasteiger partial charge in [-0.2, -0.15) is 0 Å². The maximum atomic E-state index is 3.68. The van der Waals surface area contributed by atoms with E-state index in [-0.39, 0.29) is 0 Å². The molecule has 0 aliphatic heterocycles. The molecule has 2 heteroatoms. The Labute approximate surface area is 126 Å². The molecular weight excluding hydrogens is 258 g/mol. The largest absolute Gasteiger partial charge is 0.384 e.